The molecule has 0 N–H and O–H groups in total. The van der Waals surface area contributed by atoms with Crippen molar-refractivity contribution in [2.24, 2.45) is 0 Å². The largest absolute Gasteiger partial charge is 0.278 e. The molecule has 0 saturated carbocycles. The van der Waals surface area contributed by atoms with Crippen molar-refractivity contribution in [3.05, 3.63) is 265 Å². The van der Waals surface area contributed by atoms with Crippen LogP contribution in [0.3, 0.4) is 0 Å². The second kappa shape index (κ2) is 16.5. The molecule has 1 unspecified atom stereocenters. The monoisotopic (exact) mass is 866 g/mol. The standard InChI is InChI=1S/C64H42N4/c1-5-19-42(20-6-1)46-27-17-29-49(37-46)62-65-63(50-30-18-28-47(38-50)43-21-7-2-8-22-43)67-64(66-62)68-59-34-16-15-32-53(59)56-40-55-52-31-13-14-33-54(52)61(58(55)41-60(56)68)57-39-48(44-23-9-3-10-24-44)35-36-51(57)45-25-11-4-12-26-45/h1-41,61H. The molecule has 0 radical (unpaired) electrons. The van der Waals surface area contributed by atoms with E-state index in [4.69, 9.17) is 15.0 Å². The molecule has 1 aliphatic carbocycles. The summed E-state index contributed by atoms with van der Waals surface area (Å²) in [5.41, 5.74) is 19.5. The van der Waals surface area contributed by atoms with Crippen LogP contribution in [0.5, 0.6) is 0 Å². The third-order valence-electron chi connectivity index (χ3n) is 13.6. The van der Waals surface area contributed by atoms with Gasteiger partial charge in [-0.05, 0) is 109 Å². The summed E-state index contributed by atoms with van der Waals surface area (Å²) in [6.45, 7) is 0. The Morgan fingerprint density at radius 1 is 0.265 bits per heavy atom. The Balaban J connectivity index is 1.06. The van der Waals surface area contributed by atoms with Crippen LogP contribution >= 0.6 is 0 Å². The van der Waals surface area contributed by atoms with Gasteiger partial charge in [0.2, 0.25) is 5.95 Å². The molecule has 0 aliphatic heterocycles. The molecule has 12 aromatic rings. The number of hydrogen-bond acceptors (Lipinski definition) is 3. The van der Waals surface area contributed by atoms with Crippen molar-refractivity contribution >= 4 is 21.8 Å². The molecule has 1 atom stereocenters. The van der Waals surface area contributed by atoms with E-state index in [1.165, 1.54) is 50.1 Å². The van der Waals surface area contributed by atoms with Gasteiger partial charge in [-0.3, -0.25) is 4.57 Å². The number of rotatable bonds is 8. The minimum absolute atomic E-state index is 0.0399. The highest BCUT2D eigenvalue weighted by Crippen LogP contribution is 2.52. The van der Waals surface area contributed by atoms with Gasteiger partial charge in [-0.15, -0.1) is 0 Å². The van der Waals surface area contributed by atoms with E-state index >= 15 is 0 Å². The smallest absolute Gasteiger partial charge is 0.238 e. The highest BCUT2D eigenvalue weighted by molar-refractivity contribution is 6.11. The second-order valence-corrected chi connectivity index (χ2v) is 17.5. The predicted octanol–water partition coefficient (Wildman–Crippen LogP) is 16.1. The third-order valence-corrected chi connectivity index (χ3v) is 13.6. The van der Waals surface area contributed by atoms with Crippen LogP contribution in [-0.4, -0.2) is 19.5 Å². The van der Waals surface area contributed by atoms with E-state index in [1.807, 2.05) is 12.1 Å². The van der Waals surface area contributed by atoms with Crippen LogP contribution < -0.4 is 0 Å². The van der Waals surface area contributed by atoms with Gasteiger partial charge in [0.15, 0.2) is 11.6 Å². The lowest BCUT2D eigenvalue weighted by Crippen LogP contribution is -2.07. The van der Waals surface area contributed by atoms with Crippen LogP contribution in [-0.2, 0) is 0 Å². The van der Waals surface area contributed by atoms with Gasteiger partial charge in [-0.1, -0.05) is 212 Å². The average Bonchev–Trinajstić information content (AvgIpc) is 3.92. The summed E-state index contributed by atoms with van der Waals surface area (Å²) in [4.78, 5) is 16.2. The first kappa shape index (κ1) is 39.4. The fourth-order valence-electron chi connectivity index (χ4n) is 10.4. The zero-order valence-electron chi connectivity index (χ0n) is 37.0. The quantitative estimate of drug-likeness (QED) is 0.153. The van der Waals surface area contributed by atoms with Crippen LogP contribution in [0.4, 0.5) is 0 Å². The number of fused-ring (bicyclic) bond motifs is 6. The number of para-hydroxylation sites is 1. The Bertz CT molecular complexity index is 3740. The van der Waals surface area contributed by atoms with Crippen molar-refractivity contribution in [1.29, 1.82) is 0 Å². The zero-order chi connectivity index (χ0) is 45.0. The van der Waals surface area contributed by atoms with E-state index in [9.17, 15) is 0 Å². The summed E-state index contributed by atoms with van der Waals surface area (Å²) in [5.74, 6) is 1.74. The Morgan fingerprint density at radius 3 is 1.37 bits per heavy atom. The van der Waals surface area contributed by atoms with Gasteiger partial charge in [-0.25, -0.2) is 4.98 Å². The molecule has 318 valence electrons. The highest BCUT2D eigenvalue weighted by Gasteiger charge is 2.33. The van der Waals surface area contributed by atoms with Crippen molar-refractivity contribution in [2.75, 3.05) is 0 Å². The lowest BCUT2D eigenvalue weighted by Gasteiger charge is -2.21. The number of hydrogen-bond donors (Lipinski definition) is 0. The first-order valence-electron chi connectivity index (χ1n) is 23.2. The van der Waals surface area contributed by atoms with Gasteiger partial charge >= 0.3 is 0 Å². The Kier molecular flexibility index (Phi) is 9.54. The van der Waals surface area contributed by atoms with Crippen molar-refractivity contribution in [1.82, 2.24) is 19.5 Å². The van der Waals surface area contributed by atoms with Crippen molar-refractivity contribution < 1.29 is 0 Å². The van der Waals surface area contributed by atoms with Gasteiger partial charge in [0.05, 0.1) is 11.0 Å². The van der Waals surface area contributed by atoms with Gasteiger partial charge in [0.1, 0.15) is 0 Å². The van der Waals surface area contributed by atoms with Crippen LogP contribution in [0.2, 0.25) is 0 Å². The summed E-state index contributed by atoms with van der Waals surface area (Å²) in [6, 6.07) is 89.0. The van der Waals surface area contributed by atoms with Crippen molar-refractivity contribution in [3.8, 4) is 84.4 Å². The van der Waals surface area contributed by atoms with Crippen molar-refractivity contribution in [2.45, 2.75) is 5.92 Å². The zero-order valence-corrected chi connectivity index (χ0v) is 37.0. The maximum absolute atomic E-state index is 5.44. The van der Waals surface area contributed by atoms with Crippen LogP contribution in [0.1, 0.15) is 22.6 Å². The SMILES string of the molecule is c1ccc(-c2cccc(-c3nc(-c4cccc(-c5ccccc5)c4)nc(-n4c5ccccc5c5cc6c(cc54)C(c4cc(-c5ccccc5)ccc4-c4ccccc4)c4ccccc4-6)n3)c2)cc1. The number of nitrogens with zero attached hydrogens (tertiary/aromatic N) is 4. The maximum Gasteiger partial charge on any atom is 0.238 e. The summed E-state index contributed by atoms with van der Waals surface area (Å²) in [5, 5.41) is 2.29. The fourth-order valence-corrected chi connectivity index (χ4v) is 10.4. The topological polar surface area (TPSA) is 43.6 Å². The highest BCUT2D eigenvalue weighted by atomic mass is 15.2. The third kappa shape index (κ3) is 6.81. The Hall–Kier alpha value is -8.99. The molecule has 13 rings (SSSR count). The Labute approximate surface area is 395 Å². The van der Waals surface area contributed by atoms with E-state index in [-0.39, 0.29) is 5.92 Å². The van der Waals surface area contributed by atoms with E-state index in [2.05, 4.69) is 241 Å². The molecule has 2 aromatic heterocycles. The van der Waals surface area contributed by atoms with E-state index in [0.29, 0.717) is 17.6 Å². The molecule has 4 heteroatoms. The molecular weight excluding hydrogens is 825 g/mol. The molecule has 2 heterocycles. The molecule has 1 aliphatic rings. The molecule has 0 saturated heterocycles. The summed E-state index contributed by atoms with van der Waals surface area (Å²) in [7, 11) is 0. The number of benzene rings is 10. The van der Waals surface area contributed by atoms with Gasteiger partial charge < -0.3 is 0 Å². The fraction of sp³-hybridized carbons (Fsp3) is 0.0156. The lowest BCUT2D eigenvalue weighted by molar-refractivity contribution is 0.951. The van der Waals surface area contributed by atoms with Gasteiger partial charge in [0, 0.05) is 27.8 Å². The van der Waals surface area contributed by atoms with Crippen LogP contribution in [0.15, 0.2) is 249 Å². The first-order chi connectivity index (χ1) is 33.7. The summed E-state index contributed by atoms with van der Waals surface area (Å²) < 4.78 is 2.26. The number of aromatic nitrogens is 4. The van der Waals surface area contributed by atoms with Crippen molar-refractivity contribution in [3.63, 3.8) is 0 Å². The minimum atomic E-state index is -0.0399. The maximum atomic E-state index is 5.44. The minimum Gasteiger partial charge on any atom is -0.278 e. The van der Waals surface area contributed by atoms with Crippen LogP contribution in [0, 0.1) is 0 Å². The van der Waals surface area contributed by atoms with E-state index in [1.54, 1.807) is 0 Å². The molecule has 10 aromatic carbocycles. The van der Waals surface area contributed by atoms with Gasteiger partial charge in [-0.2, -0.15) is 9.97 Å². The van der Waals surface area contributed by atoms with E-state index < -0.39 is 0 Å². The first-order valence-corrected chi connectivity index (χ1v) is 23.2. The predicted molar refractivity (Wildman–Crippen MR) is 280 cm³/mol. The Morgan fingerprint density at radius 2 is 0.750 bits per heavy atom. The molecule has 4 nitrogen and oxygen atoms in total. The second-order valence-electron chi connectivity index (χ2n) is 17.5. The summed E-state index contributed by atoms with van der Waals surface area (Å²) in [6.07, 6.45) is 0. The molecule has 0 fully saturated rings. The molecule has 68 heavy (non-hydrogen) atoms. The molecule has 0 spiro atoms. The summed E-state index contributed by atoms with van der Waals surface area (Å²) >= 11 is 0. The van der Waals surface area contributed by atoms with Crippen LogP contribution in [0.25, 0.3) is 106 Å². The molecule has 0 bridgehead atoms. The lowest BCUT2D eigenvalue weighted by atomic mass is 9.82. The molecular formula is C64H42N4. The average molecular weight is 867 g/mol. The normalized spacial score (nSPS) is 12.9. The van der Waals surface area contributed by atoms with Gasteiger partial charge in [0.25, 0.3) is 0 Å². The molecule has 0 amide bonds. The van der Waals surface area contributed by atoms with E-state index in [0.717, 1.165) is 55.2 Å².